The minimum absolute atomic E-state index is 0.428. The largest absolute Gasteiger partial charge is 0.480 e. The third-order valence-corrected chi connectivity index (χ3v) is 4.54. The topological polar surface area (TPSA) is 52.6 Å². The summed E-state index contributed by atoms with van der Waals surface area (Å²) in [5.74, 6) is 0.115. The summed E-state index contributed by atoms with van der Waals surface area (Å²) in [6, 6.07) is 1.02. The van der Waals surface area contributed by atoms with Gasteiger partial charge in [-0.1, -0.05) is 0 Å². The van der Waals surface area contributed by atoms with Crippen molar-refractivity contribution >= 4 is 5.97 Å². The minimum Gasteiger partial charge on any atom is -0.480 e. The Kier molecular flexibility index (Phi) is 3.97. The van der Waals surface area contributed by atoms with Crippen LogP contribution in [0.5, 0.6) is 0 Å². The van der Waals surface area contributed by atoms with Crippen molar-refractivity contribution in [3.63, 3.8) is 0 Å². The molecule has 0 heterocycles. The Labute approximate surface area is 110 Å². The second-order valence-electron chi connectivity index (χ2n) is 6.36. The lowest BCUT2D eigenvalue weighted by molar-refractivity contribution is -0.144. The number of rotatable bonds is 8. The van der Waals surface area contributed by atoms with Gasteiger partial charge in [-0.2, -0.15) is 0 Å². The van der Waals surface area contributed by atoms with Crippen LogP contribution in [0.2, 0.25) is 0 Å². The fourth-order valence-corrected chi connectivity index (χ4v) is 2.46. The quantitative estimate of drug-likeness (QED) is 0.692. The van der Waals surface area contributed by atoms with E-state index in [0.29, 0.717) is 18.5 Å². The molecule has 18 heavy (non-hydrogen) atoms. The standard InChI is InChI=1S/C14H26N2O2/c1-10(11-4-5-11)16(3)9-8-14(2,13(17)18)15-12-6-7-12/h10-12,15H,4-9H2,1-3H3,(H,17,18). The molecule has 0 aliphatic heterocycles. The van der Waals surface area contributed by atoms with Crippen molar-refractivity contribution in [1.29, 1.82) is 0 Å². The summed E-state index contributed by atoms with van der Waals surface area (Å²) in [6.07, 6.45) is 5.59. The SMILES string of the molecule is CC(C1CC1)N(C)CCC(C)(NC1CC1)C(=O)O. The molecular formula is C14H26N2O2. The molecule has 0 aromatic heterocycles. The molecule has 2 fully saturated rings. The van der Waals surface area contributed by atoms with Gasteiger partial charge < -0.3 is 10.0 Å². The number of carboxylic acids is 1. The van der Waals surface area contributed by atoms with Crippen LogP contribution in [0.4, 0.5) is 0 Å². The molecule has 104 valence electrons. The van der Waals surface area contributed by atoms with E-state index >= 15 is 0 Å². The number of nitrogens with one attached hydrogen (secondary N) is 1. The summed E-state index contributed by atoms with van der Waals surface area (Å²) in [7, 11) is 2.11. The highest BCUT2D eigenvalue weighted by molar-refractivity contribution is 5.78. The fourth-order valence-electron chi connectivity index (χ4n) is 2.46. The monoisotopic (exact) mass is 254 g/mol. The van der Waals surface area contributed by atoms with E-state index in [0.717, 1.165) is 25.3 Å². The van der Waals surface area contributed by atoms with Gasteiger partial charge in [-0.25, -0.2) is 0 Å². The van der Waals surface area contributed by atoms with Crippen LogP contribution in [0, 0.1) is 5.92 Å². The van der Waals surface area contributed by atoms with Gasteiger partial charge in [0.05, 0.1) is 0 Å². The lowest BCUT2D eigenvalue weighted by atomic mass is 9.97. The van der Waals surface area contributed by atoms with E-state index in [-0.39, 0.29) is 0 Å². The van der Waals surface area contributed by atoms with Crippen LogP contribution in [-0.2, 0) is 4.79 Å². The molecule has 4 nitrogen and oxygen atoms in total. The van der Waals surface area contributed by atoms with Gasteiger partial charge in [-0.15, -0.1) is 0 Å². The smallest absolute Gasteiger partial charge is 0.323 e. The summed E-state index contributed by atoms with van der Waals surface area (Å²) in [4.78, 5) is 13.7. The molecular weight excluding hydrogens is 228 g/mol. The van der Waals surface area contributed by atoms with Gasteiger partial charge >= 0.3 is 5.97 Å². The van der Waals surface area contributed by atoms with Crippen LogP contribution >= 0.6 is 0 Å². The third-order valence-electron chi connectivity index (χ3n) is 4.54. The van der Waals surface area contributed by atoms with Crippen molar-refractivity contribution in [3.05, 3.63) is 0 Å². The average Bonchev–Trinajstić information content (AvgIpc) is 3.16. The normalized spacial score (nSPS) is 24.9. The van der Waals surface area contributed by atoms with E-state index in [1.807, 2.05) is 6.92 Å². The molecule has 0 saturated heterocycles. The second kappa shape index (κ2) is 5.17. The van der Waals surface area contributed by atoms with Crippen molar-refractivity contribution in [2.45, 2.75) is 63.6 Å². The third kappa shape index (κ3) is 3.45. The lowest BCUT2D eigenvalue weighted by Crippen LogP contribution is -2.52. The zero-order chi connectivity index (χ0) is 13.3. The van der Waals surface area contributed by atoms with Gasteiger partial charge in [0.2, 0.25) is 0 Å². The van der Waals surface area contributed by atoms with Crippen molar-refractivity contribution in [1.82, 2.24) is 10.2 Å². The maximum Gasteiger partial charge on any atom is 0.323 e. The van der Waals surface area contributed by atoms with E-state index in [1.54, 1.807) is 0 Å². The highest BCUT2D eigenvalue weighted by Gasteiger charge is 2.39. The zero-order valence-electron chi connectivity index (χ0n) is 11.8. The molecule has 0 radical (unpaired) electrons. The van der Waals surface area contributed by atoms with Gasteiger partial charge in [0.1, 0.15) is 5.54 Å². The molecule has 0 aromatic rings. The lowest BCUT2D eigenvalue weighted by Gasteiger charge is -2.31. The van der Waals surface area contributed by atoms with Crippen LogP contribution in [0.15, 0.2) is 0 Å². The predicted molar refractivity (Wildman–Crippen MR) is 71.6 cm³/mol. The number of hydrogen-bond donors (Lipinski definition) is 2. The molecule has 2 rings (SSSR count). The molecule has 0 aromatic carbocycles. The number of carboxylic acid groups (broad SMARTS) is 1. The first-order chi connectivity index (χ1) is 8.42. The maximum absolute atomic E-state index is 11.4. The highest BCUT2D eigenvalue weighted by Crippen LogP contribution is 2.35. The molecule has 2 saturated carbocycles. The Morgan fingerprint density at radius 2 is 2.06 bits per heavy atom. The van der Waals surface area contributed by atoms with Gasteiger partial charge in [-0.3, -0.25) is 10.1 Å². The molecule has 2 unspecified atom stereocenters. The summed E-state index contributed by atoms with van der Waals surface area (Å²) in [5, 5.41) is 12.7. The van der Waals surface area contributed by atoms with Crippen LogP contribution in [0.25, 0.3) is 0 Å². The van der Waals surface area contributed by atoms with Crippen LogP contribution in [-0.4, -0.2) is 47.2 Å². The number of aliphatic carboxylic acids is 1. The Hall–Kier alpha value is -0.610. The minimum atomic E-state index is -0.765. The van der Waals surface area contributed by atoms with Crippen LogP contribution in [0.3, 0.4) is 0 Å². The van der Waals surface area contributed by atoms with Crippen molar-refractivity contribution in [2.75, 3.05) is 13.6 Å². The summed E-state index contributed by atoms with van der Waals surface area (Å²) >= 11 is 0. The average molecular weight is 254 g/mol. The van der Waals surface area contributed by atoms with Gasteiger partial charge in [0, 0.05) is 18.6 Å². The molecule has 2 aliphatic rings. The van der Waals surface area contributed by atoms with Gasteiger partial charge in [0.25, 0.3) is 0 Å². The molecule has 2 aliphatic carbocycles. The van der Waals surface area contributed by atoms with Gasteiger partial charge in [0.15, 0.2) is 0 Å². The Bertz CT molecular complexity index is 313. The second-order valence-corrected chi connectivity index (χ2v) is 6.36. The first-order valence-corrected chi connectivity index (χ1v) is 7.14. The van der Waals surface area contributed by atoms with Crippen molar-refractivity contribution < 1.29 is 9.90 Å². The van der Waals surface area contributed by atoms with Crippen LogP contribution in [0.1, 0.15) is 46.0 Å². The van der Waals surface area contributed by atoms with Gasteiger partial charge in [-0.05, 0) is 58.9 Å². The zero-order valence-corrected chi connectivity index (χ0v) is 11.8. The molecule has 0 amide bonds. The number of hydrogen-bond acceptors (Lipinski definition) is 3. The first-order valence-electron chi connectivity index (χ1n) is 7.14. The van der Waals surface area contributed by atoms with E-state index in [1.165, 1.54) is 12.8 Å². The Morgan fingerprint density at radius 3 is 2.50 bits per heavy atom. The number of nitrogens with zero attached hydrogens (tertiary/aromatic N) is 1. The first kappa shape index (κ1) is 13.8. The molecule has 2 N–H and O–H groups in total. The molecule has 2 atom stereocenters. The molecule has 0 spiro atoms. The van der Waals surface area contributed by atoms with E-state index in [2.05, 4.69) is 24.2 Å². The van der Waals surface area contributed by atoms with Crippen molar-refractivity contribution in [3.8, 4) is 0 Å². The van der Waals surface area contributed by atoms with Crippen LogP contribution < -0.4 is 5.32 Å². The fraction of sp³-hybridized carbons (Fsp3) is 0.929. The Morgan fingerprint density at radius 1 is 1.44 bits per heavy atom. The number of carbonyl (C=O) groups is 1. The predicted octanol–water partition coefficient (Wildman–Crippen LogP) is 1.70. The summed E-state index contributed by atoms with van der Waals surface area (Å²) in [6.45, 7) is 4.92. The highest BCUT2D eigenvalue weighted by atomic mass is 16.4. The summed E-state index contributed by atoms with van der Waals surface area (Å²) in [5.41, 5.74) is -0.765. The van der Waals surface area contributed by atoms with E-state index < -0.39 is 11.5 Å². The van der Waals surface area contributed by atoms with Crippen molar-refractivity contribution in [2.24, 2.45) is 5.92 Å². The van der Waals surface area contributed by atoms with E-state index in [9.17, 15) is 9.90 Å². The molecule has 0 bridgehead atoms. The maximum atomic E-state index is 11.4. The summed E-state index contributed by atoms with van der Waals surface area (Å²) < 4.78 is 0. The van der Waals surface area contributed by atoms with E-state index in [4.69, 9.17) is 0 Å². The Balaban J connectivity index is 1.82. The molecule has 4 heteroatoms.